The summed E-state index contributed by atoms with van der Waals surface area (Å²) in [7, 11) is -2.97. The van der Waals surface area contributed by atoms with Crippen LogP contribution in [0.15, 0.2) is 97.3 Å². The van der Waals surface area contributed by atoms with Gasteiger partial charge in [0.25, 0.3) is 8.32 Å². The van der Waals surface area contributed by atoms with Gasteiger partial charge in [0.2, 0.25) is 0 Å². The number of fused-ring (bicyclic) bond motifs is 1. The van der Waals surface area contributed by atoms with Crippen molar-refractivity contribution in [1.29, 1.82) is 0 Å². The number of hydrogen-bond donors (Lipinski definition) is 0. The van der Waals surface area contributed by atoms with Crippen LogP contribution in [-0.4, -0.2) is 41.9 Å². The van der Waals surface area contributed by atoms with Crippen LogP contribution in [-0.2, 0) is 41.1 Å². The number of hydrogen-bond acceptors (Lipinski definition) is 7. The van der Waals surface area contributed by atoms with Crippen LogP contribution in [0.4, 0.5) is 0 Å². The third-order valence-electron chi connectivity index (χ3n) is 10.5. The largest absolute Gasteiger partial charge is 0.541 e. The molecule has 0 radical (unpaired) electrons. The Balaban J connectivity index is 2.11. The van der Waals surface area contributed by atoms with E-state index in [0.29, 0.717) is 17.1 Å². The van der Waals surface area contributed by atoms with Crippen LogP contribution >= 0.6 is 0 Å². The first-order valence-electron chi connectivity index (χ1n) is 18.2. The predicted molar refractivity (Wildman–Crippen MR) is 206 cm³/mol. The van der Waals surface area contributed by atoms with Crippen molar-refractivity contribution in [2.75, 3.05) is 13.7 Å². The molecule has 0 amide bonds. The molecule has 1 aliphatic rings. The summed E-state index contributed by atoms with van der Waals surface area (Å²) in [5.74, 6) is 0.682. The van der Waals surface area contributed by atoms with Crippen molar-refractivity contribution in [1.82, 2.24) is 0 Å². The second-order valence-corrected chi connectivity index (χ2v) is 22.4. The third-order valence-corrected chi connectivity index (χ3v) is 19.7. The smallest absolute Gasteiger partial charge is 0.335 e. The van der Waals surface area contributed by atoms with E-state index in [1.54, 1.807) is 7.11 Å². The Kier molecular flexibility index (Phi) is 14.3. The van der Waals surface area contributed by atoms with Gasteiger partial charge in [-0.05, 0) is 59.0 Å². The molecule has 0 saturated carbocycles. The molecule has 0 saturated heterocycles. The Morgan fingerprint density at radius 2 is 1.32 bits per heavy atom. The lowest BCUT2D eigenvalue weighted by Crippen LogP contribution is -2.54. The van der Waals surface area contributed by atoms with Crippen molar-refractivity contribution < 1.29 is 32.6 Å². The fraction of sp³-hybridized carbons (Fsp3) is 0.439. The van der Waals surface area contributed by atoms with E-state index in [-0.39, 0.29) is 25.6 Å². The van der Waals surface area contributed by atoms with Crippen molar-refractivity contribution in [3.8, 4) is 5.75 Å². The molecule has 50 heavy (non-hydrogen) atoms. The van der Waals surface area contributed by atoms with Gasteiger partial charge in [-0.2, -0.15) is 0 Å². The Bertz CT molecular complexity index is 1550. The first-order valence-corrected chi connectivity index (χ1v) is 23.2. The lowest BCUT2D eigenvalue weighted by molar-refractivity contribution is -0.182. The van der Waals surface area contributed by atoms with Gasteiger partial charge < -0.3 is 27.8 Å². The lowest BCUT2D eigenvalue weighted by Gasteiger charge is -2.47. The maximum Gasteiger partial charge on any atom is 0.335 e. The molecule has 0 unspecified atom stereocenters. The Morgan fingerprint density at radius 3 is 1.84 bits per heavy atom. The Hall–Kier alpha value is -3.48. The molecule has 0 aromatic heterocycles. The van der Waals surface area contributed by atoms with Gasteiger partial charge in [-0.25, -0.2) is 4.79 Å². The lowest BCUT2D eigenvalue weighted by atomic mass is 9.80. The minimum absolute atomic E-state index is 0.100. The van der Waals surface area contributed by atoms with E-state index < -0.39 is 34.3 Å². The first kappa shape index (κ1) is 39.3. The molecule has 3 aromatic rings. The standard InChI is InChI=1S/C41H56O7Si2/c1-9-36(42)47-40-38(48-50(13-5,14-6)15-7)37-34(27-22-28-35(37)43-8)39(44-29-32-23-18-16-19-24-32)41(40,31-46-49(10-2,11-3)12-4)45-30-33-25-20-17-21-26-33/h9,16-28,39H,1,10-15,29-31H2,2-8H3/t39-,41-/m1/s1. The van der Waals surface area contributed by atoms with E-state index in [1.165, 1.54) is 6.08 Å². The third kappa shape index (κ3) is 8.52. The fourth-order valence-corrected chi connectivity index (χ4v) is 12.0. The Labute approximate surface area is 301 Å². The van der Waals surface area contributed by atoms with Crippen LogP contribution in [0.1, 0.15) is 69.9 Å². The Morgan fingerprint density at radius 1 is 0.760 bits per heavy atom. The van der Waals surface area contributed by atoms with Gasteiger partial charge in [0.15, 0.2) is 25.4 Å². The highest BCUT2D eigenvalue weighted by Crippen LogP contribution is 2.54. The van der Waals surface area contributed by atoms with Crippen molar-refractivity contribution in [2.45, 2.75) is 103 Å². The monoisotopic (exact) mass is 716 g/mol. The molecule has 0 spiro atoms. The van der Waals surface area contributed by atoms with Gasteiger partial charge in [0.1, 0.15) is 11.9 Å². The normalized spacial score (nSPS) is 17.6. The second kappa shape index (κ2) is 18.1. The topological polar surface area (TPSA) is 72.5 Å². The maximum absolute atomic E-state index is 13.5. The van der Waals surface area contributed by atoms with Crippen molar-refractivity contribution in [3.05, 3.63) is 120 Å². The van der Waals surface area contributed by atoms with E-state index in [0.717, 1.165) is 53.0 Å². The van der Waals surface area contributed by atoms with E-state index in [1.807, 2.05) is 78.9 Å². The minimum atomic E-state index is -2.39. The molecule has 9 heteroatoms. The molecule has 0 heterocycles. The summed E-state index contributed by atoms with van der Waals surface area (Å²) in [4.78, 5) is 13.5. The SMILES string of the molecule is C=CC(=O)OC1=C(O[Si](CC)(CC)CC)c2c(OC)cccc2[C@@H](OCc2ccccc2)[C@@]1(CO[Si](CC)(CC)CC)OCc1ccccc1. The van der Waals surface area contributed by atoms with Crippen LogP contribution in [0, 0.1) is 0 Å². The summed E-state index contributed by atoms with van der Waals surface area (Å²) in [6.45, 7) is 17.5. The second-order valence-electron chi connectivity index (χ2n) is 12.9. The zero-order valence-electron chi connectivity index (χ0n) is 31.1. The molecule has 0 fully saturated rings. The quantitative estimate of drug-likeness (QED) is 0.0655. The van der Waals surface area contributed by atoms with E-state index in [4.69, 9.17) is 27.8 Å². The summed E-state index contributed by atoms with van der Waals surface area (Å²) in [6.07, 6.45) is 0.410. The number of carbonyl (C=O) groups excluding carboxylic acids is 1. The zero-order valence-corrected chi connectivity index (χ0v) is 33.1. The number of benzene rings is 3. The molecular weight excluding hydrogens is 661 g/mol. The van der Waals surface area contributed by atoms with Gasteiger partial charge in [0, 0.05) is 6.08 Å². The average molecular weight is 717 g/mol. The van der Waals surface area contributed by atoms with Crippen LogP contribution in [0.25, 0.3) is 5.76 Å². The molecule has 7 nitrogen and oxygen atoms in total. The molecule has 0 aliphatic heterocycles. The van der Waals surface area contributed by atoms with Crippen LogP contribution in [0.2, 0.25) is 36.3 Å². The van der Waals surface area contributed by atoms with Gasteiger partial charge in [-0.3, -0.25) is 0 Å². The van der Waals surface area contributed by atoms with Crippen LogP contribution in [0.3, 0.4) is 0 Å². The number of ether oxygens (including phenoxy) is 4. The molecule has 270 valence electrons. The average Bonchev–Trinajstić information content (AvgIpc) is 3.18. The van der Waals surface area contributed by atoms with Crippen molar-refractivity contribution >= 4 is 28.4 Å². The number of carbonyl (C=O) groups is 1. The molecule has 3 aromatic carbocycles. The highest BCUT2D eigenvalue weighted by molar-refractivity contribution is 6.74. The molecule has 0 N–H and O–H groups in total. The molecule has 2 atom stereocenters. The number of rotatable bonds is 20. The highest BCUT2D eigenvalue weighted by Gasteiger charge is 2.56. The van der Waals surface area contributed by atoms with E-state index in [9.17, 15) is 4.79 Å². The molecule has 4 rings (SSSR count). The maximum atomic E-state index is 13.5. The summed E-state index contributed by atoms with van der Waals surface area (Å²) in [5, 5.41) is 0. The van der Waals surface area contributed by atoms with E-state index in [2.05, 4.69) is 48.1 Å². The van der Waals surface area contributed by atoms with Crippen LogP contribution < -0.4 is 4.74 Å². The summed E-state index contributed by atoms with van der Waals surface area (Å²) in [6, 6.07) is 31.4. The fourth-order valence-electron chi connectivity index (χ4n) is 6.82. The summed E-state index contributed by atoms with van der Waals surface area (Å²) < 4.78 is 41.2. The first-order chi connectivity index (χ1) is 24.2. The van der Waals surface area contributed by atoms with Crippen molar-refractivity contribution in [3.63, 3.8) is 0 Å². The van der Waals surface area contributed by atoms with Crippen LogP contribution in [0.5, 0.6) is 5.75 Å². The van der Waals surface area contributed by atoms with Gasteiger partial charge in [-0.1, -0.05) is 121 Å². The van der Waals surface area contributed by atoms with Gasteiger partial charge in [-0.15, -0.1) is 0 Å². The molecule has 1 aliphatic carbocycles. The highest BCUT2D eigenvalue weighted by atomic mass is 28.4. The minimum Gasteiger partial charge on any atom is -0.541 e. The van der Waals surface area contributed by atoms with Gasteiger partial charge >= 0.3 is 5.97 Å². The van der Waals surface area contributed by atoms with Crippen molar-refractivity contribution in [2.24, 2.45) is 0 Å². The van der Waals surface area contributed by atoms with Gasteiger partial charge in [0.05, 0.1) is 32.5 Å². The summed E-state index contributed by atoms with van der Waals surface area (Å²) in [5.41, 5.74) is 2.07. The summed E-state index contributed by atoms with van der Waals surface area (Å²) >= 11 is 0. The predicted octanol–water partition coefficient (Wildman–Crippen LogP) is 10.4. The zero-order chi connectivity index (χ0) is 36.2. The number of methoxy groups -OCH3 is 1. The molecular formula is C41H56O7Si2. The number of esters is 1. The molecule has 0 bridgehead atoms. The van der Waals surface area contributed by atoms with E-state index >= 15 is 0 Å².